The summed E-state index contributed by atoms with van der Waals surface area (Å²) in [6, 6.07) is 0. The van der Waals surface area contributed by atoms with Gasteiger partial charge in [-0.1, -0.05) is 6.92 Å². The van der Waals surface area contributed by atoms with E-state index < -0.39 is 0 Å². The van der Waals surface area contributed by atoms with Crippen LogP contribution in [0.1, 0.15) is 19.8 Å². The highest BCUT2D eigenvalue weighted by molar-refractivity contribution is 5.81. The fourth-order valence-electron chi connectivity index (χ4n) is 2.13. The maximum atomic E-state index is 11.9. The minimum Gasteiger partial charge on any atom is -0.391 e. The van der Waals surface area contributed by atoms with Gasteiger partial charge in [-0.2, -0.15) is 0 Å². The standard InChI is InChI=1S/C10H17NO3/c1-7-3-5-14-9(7)10(13)11-4-2-8(12)6-11/h7-9,12H,2-6H2,1H3/t7?,8-,9?/m0/s1. The smallest absolute Gasteiger partial charge is 0.252 e. The summed E-state index contributed by atoms with van der Waals surface area (Å²) in [4.78, 5) is 13.6. The predicted molar refractivity (Wildman–Crippen MR) is 50.7 cm³/mol. The molecule has 4 nitrogen and oxygen atoms in total. The Morgan fingerprint density at radius 1 is 1.50 bits per heavy atom. The molecule has 0 bridgehead atoms. The molecule has 0 saturated carbocycles. The molecule has 2 aliphatic heterocycles. The second-order valence-corrected chi connectivity index (χ2v) is 4.28. The zero-order valence-corrected chi connectivity index (χ0v) is 8.48. The summed E-state index contributed by atoms with van der Waals surface area (Å²) in [6.45, 7) is 3.88. The number of hydrogen-bond donors (Lipinski definition) is 1. The lowest BCUT2D eigenvalue weighted by Gasteiger charge is -2.21. The molecular weight excluding hydrogens is 182 g/mol. The first-order chi connectivity index (χ1) is 6.68. The number of hydrogen-bond acceptors (Lipinski definition) is 3. The molecule has 4 heteroatoms. The van der Waals surface area contributed by atoms with Crippen LogP contribution < -0.4 is 0 Å². The third kappa shape index (κ3) is 1.77. The van der Waals surface area contributed by atoms with E-state index in [1.54, 1.807) is 4.90 Å². The van der Waals surface area contributed by atoms with Gasteiger partial charge in [-0.3, -0.25) is 4.79 Å². The van der Waals surface area contributed by atoms with Gasteiger partial charge in [-0.05, 0) is 18.8 Å². The normalized spacial score (nSPS) is 37.9. The second kappa shape index (κ2) is 3.87. The van der Waals surface area contributed by atoms with Crippen molar-refractivity contribution in [2.45, 2.75) is 32.0 Å². The van der Waals surface area contributed by atoms with Gasteiger partial charge < -0.3 is 14.7 Å². The van der Waals surface area contributed by atoms with Crippen molar-refractivity contribution in [3.8, 4) is 0 Å². The Hall–Kier alpha value is -0.610. The van der Waals surface area contributed by atoms with Crippen LogP contribution in [0.5, 0.6) is 0 Å². The molecule has 0 spiro atoms. The van der Waals surface area contributed by atoms with Crippen LogP contribution in [-0.4, -0.2) is 47.8 Å². The lowest BCUT2D eigenvalue weighted by atomic mass is 10.0. The Morgan fingerprint density at radius 2 is 2.29 bits per heavy atom. The highest BCUT2D eigenvalue weighted by Crippen LogP contribution is 2.23. The van der Waals surface area contributed by atoms with Gasteiger partial charge >= 0.3 is 0 Å². The summed E-state index contributed by atoms with van der Waals surface area (Å²) in [5.74, 6) is 0.381. The van der Waals surface area contributed by atoms with Gasteiger partial charge in [0.25, 0.3) is 5.91 Å². The first kappa shape index (κ1) is 9.93. The molecule has 3 atom stereocenters. The molecule has 1 amide bonds. The van der Waals surface area contributed by atoms with Crippen molar-refractivity contribution in [3.05, 3.63) is 0 Å². The maximum absolute atomic E-state index is 11.9. The number of rotatable bonds is 1. The Morgan fingerprint density at radius 3 is 2.79 bits per heavy atom. The SMILES string of the molecule is CC1CCOC1C(=O)N1CC[C@H](O)C1. The third-order valence-corrected chi connectivity index (χ3v) is 3.11. The first-order valence-corrected chi connectivity index (χ1v) is 5.27. The molecule has 2 rings (SSSR count). The minimum absolute atomic E-state index is 0.0616. The van der Waals surface area contributed by atoms with Crippen molar-refractivity contribution in [3.63, 3.8) is 0 Å². The van der Waals surface area contributed by atoms with Crippen LogP contribution >= 0.6 is 0 Å². The molecule has 0 aliphatic carbocycles. The average molecular weight is 199 g/mol. The number of amides is 1. The summed E-state index contributed by atoms with van der Waals surface area (Å²) < 4.78 is 5.40. The number of aliphatic hydroxyl groups is 1. The van der Waals surface area contributed by atoms with E-state index in [1.807, 2.05) is 6.92 Å². The summed E-state index contributed by atoms with van der Waals surface area (Å²) in [5.41, 5.74) is 0. The minimum atomic E-state index is -0.337. The number of ether oxygens (including phenoxy) is 1. The molecule has 2 unspecified atom stereocenters. The summed E-state index contributed by atoms with van der Waals surface area (Å²) in [7, 11) is 0. The maximum Gasteiger partial charge on any atom is 0.252 e. The molecule has 14 heavy (non-hydrogen) atoms. The molecule has 2 aliphatic rings. The van der Waals surface area contributed by atoms with Gasteiger partial charge in [-0.15, -0.1) is 0 Å². The summed E-state index contributed by atoms with van der Waals surface area (Å²) in [5, 5.41) is 9.32. The van der Waals surface area contributed by atoms with E-state index in [0.717, 1.165) is 6.42 Å². The quantitative estimate of drug-likeness (QED) is 0.647. The number of likely N-dealkylation sites (tertiary alicyclic amines) is 1. The fourth-order valence-corrected chi connectivity index (χ4v) is 2.13. The van der Waals surface area contributed by atoms with Crippen LogP contribution in [0, 0.1) is 5.92 Å². The molecule has 80 valence electrons. The van der Waals surface area contributed by atoms with Gasteiger partial charge in [0.1, 0.15) is 6.10 Å². The average Bonchev–Trinajstić information content (AvgIpc) is 2.73. The van der Waals surface area contributed by atoms with Crippen molar-refractivity contribution >= 4 is 5.91 Å². The van der Waals surface area contributed by atoms with E-state index in [9.17, 15) is 9.90 Å². The van der Waals surface area contributed by atoms with Crippen molar-refractivity contribution < 1.29 is 14.6 Å². The Balaban J connectivity index is 1.94. The van der Waals surface area contributed by atoms with E-state index in [2.05, 4.69) is 0 Å². The molecule has 2 heterocycles. The van der Waals surface area contributed by atoms with Gasteiger partial charge in [0, 0.05) is 19.7 Å². The molecule has 0 aromatic carbocycles. The lowest BCUT2D eigenvalue weighted by molar-refractivity contribution is -0.141. The fraction of sp³-hybridized carbons (Fsp3) is 0.900. The van der Waals surface area contributed by atoms with E-state index in [1.165, 1.54) is 0 Å². The van der Waals surface area contributed by atoms with Crippen LogP contribution in [0.3, 0.4) is 0 Å². The number of carbonyl (C=O) groups excluding carboxylic acids is 1. The van der Waals surface area contributed by atoms with E-state index in [0.29, 0.717) is 32.0 Å². The van der Waals surface area contributed by atoms with Crippen LogP contribution in [0.15, 0.2) is 0 Å². The monoisotopic (exact) mass is 199 g/mol. The molecular formula is C10H17NO3. The van der Waals surface area contributed by atoms with Crippen molar-refractivity contribution in [1.29, 1.82) is 0 Å². The van der Waals surface area contributed by atoms with Crippen molar-refractivity contribution in [2.24, 2.45) is 5.92 Å². The zero-order valence-electron chi connectivity index (χ0n) is 8.48. The molecule has 2 fully saturated rings. The van der Waals surface area contributed by atoms with Crippen LogP contribution in [0.25, 0.3) is 0 Å². The molecule has 0 aromatic rings. The first-order valence-electron chi connectivity index (χ1n) is 5.27. The van der Waals surface area contributed by atoms with Crippen LogP contribution in [0.2, 0.25) is 0 Å². The van der Waals surface area contributed by atoms with Gasteiger partial charge in [0.15, 0.2) is 0 Å². The Labute approximate surface area is 83.8 Å². The predicted octanol–water partition coefficient (Wildman–Crippen LogP) is 0.00460. The second-order valence-electron chi connectivity index (χ2n) is 4.28. The zero-order chi connectivity index (χ0) is 10.1. The molecule has 1 N–H and O–H groups in total. The number of nitrogens with zero attached hydrogens (tertiary/aromatic N) is 1. The van der Waals surface area contributed by atoms with E-state index in [4.69, 9.17) is 4.74 Å². The Bertz CT molecular complexity index is 231. The third-order valence-electron chi connectivity index (χ3n) is 3.11. The largest absolute Gasteiger partial charge is 0.391 e. The van der Waals surface area contributed by atoms with Crippen LogP contribution in [-0.2, 0) is 9.53 Å². The van der Waals surface area contributed by atoms with Crippen molar-refractivity contribution in [1.82, 2.24) is 4.90 Å². The van der Waals surface area contributed by atoms with Gasteiger partial charge in [0.2, 0.25) is 0 Å². The highest BCUT2D eigenvalue weighted by Gasteiger charge is 2.36. The summed E-state index contributed by atoms with van der Waals surface area (Å²) in [6.07, 6.45) is 1.07. The summed E-state index contributed by atoms with van der Waals surface area (Å²) >= 11 is 0. The number of aliphatic hydroxyl groups excluding tert-OH is 1. The van der Waals surface area contributed by atoms with E-state index in [-0.39, 0.29) is 18.1 Å². The van der Waals surface area contributed by atoms with Gasteiger partial charge in [0.05, 0.1) is 6.10 Å². The Kier molecular flexibility index (Phi) is 2.74. The highest BCUT2D eigenvalue weighted by atomic mass is 16.5. The van der Waals surface area contributed by atoms with Gasteiger partial charge in [-0.25, -0.2) is 0 Å². The van der Waals surface area contributed by atoms with Crippen LogP contribution in [0.4, 0.5) is 0 Å². The lowest BCUT2D eigenvalue weighted by Crippen LogP contribution is -2.40. The van der Waals surface area contributed by atoms with E-state index >= 15 is 0 Å². The molecule has 0 aromatic heterocycles. The molecule has 2 saturated heterocycles. The number of β-amino-alcohol motifs (C(OH)–C–C–N with tert-alkyl or cyclic N) is 1. The molecule has 0 radical (unpaired) electrons. The van der Waals surface area contributed by atoms with Crippen molar-refractivity contribution in [2.75, 3.05) is 19.7 Å². The topological polar surface area (TPSA) is 49.8 Å². The number of carbonyl (C=O) groups is 1.